The number of amides is 1. The third-order valence-corrected chi connectivity index (χ3v) is 4.45. The number of fused-ring (bicyclic) bond motifs is 1. The molecule has 134 valence electrons. The normalized spacial score (nSPS) is 11.3. The van der Waals surface area contributed by atoms with Crippen molar-refractivity contribution >= 4 is 34.6 Å². The highest BCUT2D eigenvalue weighted by molar-refractivity contribution is 6.32. The quantitative estimate of drug-likeness (QED) is 0.417. The Morgan fingerprint density at radius 2 is 1.93 bits per heavy atom. The van der Waals surface area contributed by atoms with Crippen LogP contribution >= 0.6 is 11.6 Å². The predicted octanol–water partition coefficient (Wildman–Crippen LogP) is 3.99. The van der Waals surface area contributed by atoms with Crippen LogP contribution in [0.25, 0.3) is 22.0 Å². The summed E-state index contributed by atoms with van der Waals surface area (Å²) in [5, 5.41) is 9.59. The molecule has 27 heavy (non-hydrogen) atoms. The number of nitrogens with zero attached hydrogens (tertiary/aromatic N) is 3. The van der Waals surface area contributed by atoms with Crippen LogP contribution in [-0.4, -0.2) is 26.9 Å². The maximum atomic E-state index is 12.8. The number of halogens is 1. The molecule has 1 amide bonds. The fraction of sp³-hybridized carbons (Fsp3) is 0.0500. The SMILES string of the molecule is Cn1cc(Cl)c(/C=N\NC(=O)c2[nH]c3ccccc3c2-c2ccccc2)n1. The lowest BCUT2D eigenvalue weighted by Gasteiger charge is -2.04. The van der Waals surface area contributed by atoms with Crippen LogP contribution in [0.5, 0.6) is 0 Å². The second-order valence-corrected chi connectivity index (χ2v) is 6.43. The van der Waals surface area contributed by atoms with E-state index in [1.54, 1.807) is 17.9 Å². The third-order valence-electron chi connectivity index (χ3n) is 4.16. The Kier molecular flexibility index (Phi) is 4.48. The van der Waals surface area contributed by atoms with E-state index < -0.39 is 0 Å². The monoisotopic (exact) mass is 377 g/mol. The fourth-order valence-corrected chi connectivity index (χ4v) is 3.22. The molecular weight excluding hydrogens is 362 g/mol. The highest BCUT2D eigenvalue weighted by atomic mass is 35.5. The summed E-state index contributed by atoms with van der Waals surface area (Å²) in [5.41, 5.74) is 6.17. The molecule has 0 saturated carbocycles. The van der Waals surface area contributed by atoms with Crippen molar-refractivity contribution in [2.45, 2.75) is 0 Å². The van der Waals surface area contributed by atoms with Crippen molar-refractivity contribution in [2.24, 2.45) is 12.1 Å². The topological polar surface area (TPSA) is 75.1 Å². The molecule has 0 unspecified atom stereocenters. The van der Waals surface area contributed by atoms with Gasteiger partial charge >= 0.3 is 0 Å². The number of para-hydroxylation sites is 1. The van der Waals surface area contributed by atoms with Gasteiger partial charge in [-0.2, -0.15) is 10.2 Å². The number of carbonyl (C=O) groups excluding carboxylic acids is 1. The number of H-pyrrole nitrogens is 1. The van der Waals surface area contributed by atoms with Gasteiger partial charge in [0.05, 0.1) is 11.2 Å². The molecule has 2 aromatic carbocycles. The number of aromatic nitrogens is 3. The number of hydrogen-bond acceptors (Lipinski definition) is 3. The number of hydrogen-bond donors (Lipinski definition) is 2. The van der Waals surface area contributed by atoms with E-state index in [-0.39, 0.29) is 5.91 Å². The fourth-order valence-electron chi connectivity index (χ4n) is 2.99. The lowest BCUT2D eigenvalue weighted by molar-refractivity contribution is 0.0951. The summed E-state index contributed by atoms with van der Waals surface area (Å²) in [6.45, 7) is 0. The van der Waals surface area contributed by atoms with Gasteiger partial charge in [-0.15, -0.1) is 0 Å². The van der Waals surface area contributed by atoms with E-state index in [1.807, 2.05) is 54.6 Å². The van der Waals surface area contributed by atoms with E-state index in [1.165, 1.54) is 6.21 Å². The van der Waals surface area contributed by atoms with Crippen molar-refractivity contribution in [3.8, 4) is 11.1 Å². The Bertz CT molecular complexity index is 1140. The lowest BCUT2D eigenvalue weighted by atomic mass is 10.0. The van der Waals surface area contributed by atoms with Crippen LogP contribution in [0.2, 0.25) is 5.02 Å². The maximum absolute atomic E-state index is 12.8. The summed E-state index contributed by atoms with van der Waals surface area (Å²) in [5.74, 6) is -0.339. The molecule has 0 radical (unpaired) electrons. The minimum Gasteiger partial charge on any atom is -0.350 e. The van der Waals surface area contributed by atoms with E-state index in [9.17, 15) is 4.79 Å². The Morgan fingerprint density at radius 1 is 1.19 bits per heavy atom. The van der Waals surface area contributed by atoms with Gasteiger partial charge in [0.1, 0.15) is 11.4 Å². The molecule has 0 atom stereocenters. The molecule has 0 saturated heterocycles. The molecule has 0 spiro atoms. The number of aryl methyl sites for hydroxylation is 1. The van der Waals surface area contributed by atoms with Gasteiger partial charge < -0.3 is 4.98 Å². The van der Waals surface area contributed by atoms with Crippen molar-refractivity contribution in [1.29, 1.82) is 0 Å². The highest BCUT2D eigenvalue weighted by Crippen LogP contribution is 2.32. The zero-order valence-corrected chi connectivity index (χ0v) is 15.2. The molecule has 0 bridgehead atoms. The first-order chi connectivity index (χ1) is 13.1. The smallest absolute Gasteiger partial charge is 0.288 e. The van der Waals surface area contributed by atoms with Crippen molar-refractivity contribution in [2.75, 3.05) is 0 Å². The van der Waals surface area contributed by atoms with Crippen molar-refractivity contribution in [3.05, 3.63) is 77.2 Å². The second-order valence-electron chi connectivity index (χ2n) is 6.02. The molecule has 6 nitrogen and oxygen atoms in total. The standard InChI is InChI=1S/C20H16ClN5O/c1-26-12-15(21)17(25-26)11-22-24-20(27)19-18(13-7-3-2-4-8-13)14-9-5-6-10-16(14)23-19/h2-12,23H,1H3,(H,24,27)/b22-11-. The molecule has 0 fully saturated rings. The molecule has 4 rings (SSSR count). The van der Waals surface area contributed by atoms with E-state index in [4.69, 9.17) is 11.6 Å². The van der Waals surface area contributed by atoms with Gasteiger partial charge in [0, 0.05) is 29.7 Å². The number of benzene rings is 2. The van der Waals surface area contributed by atoms with Crippen LogP contribution in [0.3, 0.4) is 0 Å². The first kappa shape index (κ1) is 17.1. The van der Waals surface area contributed by atoms with Gasteiger partial charge in [-0.1, -0.05) is 60.1 Å². The van der Waals surface area contributed by atoms with Gasteiger partial charge in [-0.3, -0.25) is 9.48 Å². The molecule has 0 aliphatic heterocycles. The molecule has 0 aliphatic carbocycles. The van der Waals surface area contributed by atoms with Gasteiger partial charge in [-0.25, -0.2) is 5.43 Å². The summed E-state index contributed by atoms with van der Waals surface area (Å²) in [6.07, 6.45) is 3.08. The molecule has 2 heterocycles. The first-order valence-corrected chi connectivity index (χ1v) is 8.70. The maximum Gasteiger partial charge on any atom is 0.288 e. The van der Waals surface area contributed by atoms with Gasteiger partial charge in [0.15, 0.2) is 0 Å². The van der Waals surface area contributed by atoms with Crippen LogP contribution in [0, 0.1) is 0 Å². The molecular formula is C20H16ClN5O. The summed E-state index contributed by atoms with van der Waals surface area (Å²) < 4.78 is 1.58. The average molecular weight is 378 g/mol. The van der Waals surface area contributed by atoms with Crippen LogP contribution < -0.4 is 5.43 Å². The van der Waals surface area contributed by atoms with E-state index in [2.05, 4.69) is 20.6 Å². The Hall–Kier alpha value is -3.38. The molecule has 2 N–H and O–H groups in total. The average Bonchev–Trinajstić information content (AvgIpc) is 3.22. The molecule has 7 heteroatoms. The Morgan fingerprint density at radius 3 is 2.67 bits per heavy atom. The number of aromatic amines is 1. The van der Waals surface area contributed by atoms with Gasteiger partial charge in [0.25, 0.3) is 5.91 Å². The second kappa shape index (κ2) is 7.09. The first-order valence-electron chi connectivity index (χ1n) is 8.32. The van der Waals surface area contributed by atoms with Crippen LogP contribution in [0.15, 0.2) is 65.9 Å². The van der Waals surface area contributed by atoms with Crippen molar-refractivity contribution in [1.82, 2.24) is 20.2 Å². The third kappa shape index (κ3) is 3.35. The predicted molar refractivity (Wildman–Crippen MR) is 107 cm³/mol. The van der Waals surface area contributed by atoms with Gasteiger partial charge in [-0.05, 0) is 11.6 Å². The number of rotatable bonds is 4. The molecule has 2 aromatic heterocycles. The number of nitrogens with one attached hydrogen (secondary N) is 2. The molecule has 0 aliphatic rings. The van der Waals surface area contributed by atoms with Crippen LogP contribution in [0.1, 0.15) is 16.2 Å². The summed E-state index contributed by atoms with van der Waals surface area (Å²) in [6, 6.07) is 17.6. The van der Waals surface area contributed by atoms with Crippen molar-refractivity contribution < 1.29 is 4.79 Å². The van der Waals surface area contributed by atoms with Crippen LogP contribution in [0.4, 0.5) is 0 Å². The van der Waals surface area contributed by atoms with E-state index in [0.29, 0.717) is 16.4 Å². The van der Waals surface area contributed by atoms with Crippen LogP contribution in [-0.2, 0) is 7.05 Å². The van der Waals surface area contributed by atoms with E-state index >= 15 is 0 Å². The van der Waals surface area contributed by atoms with Crippen molar-refractivity contribution in [3.63, 3.8) is 0 Å². The van der Waals surface area contributed by atoms with E-state index in [0.717, 1.165) is 22.0 Å². The minimum absolute atomic E-state index is 0.339. The summed E-state index contributed by atoms with van der Waals surface area (Å²) >= 11 is 6.04. The summed E-state index contributed by atoms with van der Waals surface area (Å²) in [7, 11) is 1.76. The minimum atomic E-state index is -0.339. The summed E-state index contributed by atoms with van der Waals surface area (Å²) in [4.78, 5) is 16.0. The zero-order valence-electron chi connectivity index (χ0n) is 14.5. The largest absolute Gasteiger partial charge is 0.350 e. The molecule has 4 aromatic rings. The lowest BCUT2D eigenvalue weighted by Crippen LogP contribution is -2.19. The number of hydrazone groups is 1. The van der Waals surface area contributed by atoms with Gasteiger partial charge in [0.2, 0.25) is 0 Å². The highest BCUT2D eigenvalue weighted by Gasteiger charge is 2.18. The Labute approximate surface area is 160 Å². The zero-order chi connectivity index (χ0) is 18.8. The number of carbonyl (C=O) groups is 1. The Balaban J connectivity index is 1.68.